The summed E-state index contributed by atoms with van der Waals surface area (Å²) in [5.41, 5.74) is 7.78. The Bertz CT molecular complexity index is 797. The molecule has 4 N–H and O–H groups in total. The molecule has 0 saturated carbocycles. The Morgan fingerprint density at radius 1 is 1.18 bits per heavy atom. The first-order valence-electron chi connectivity index (χ1n) is 8.76. The molecule has 8 heteroatoms. The van der Waals surface area contributed by atoms with Gasteiger partial charge in [-0.15, -0.1) is 24.0 Å². The minimum atomic E-state index is -0.433. The summed E-state index contributed by atoms with van der Waals surface area (Å²) in [5.74, 6) is 1.03. The zero-order chi connectivity index (χ0) is 19.6. The first-order valence-corrected chi connectivity index (χ1v) is 9.14. The first kappa shape index (κ1) is 24.0. The summed E-state index contributed by atoms with van der Waals surface area (Å²) < 4.78 is 5.16. The molecule has 6 nitrogen and oxygen atoms in total. The molecule has 0 saturated heterocycles. The fourth-order valence-corrected chi connectivity index (χ4v) is 2.72. The number of guanidine groups is 1. The smallest absolute Gasteiger partial charge is 0.248 e. The molecule has 0 aliphatic carbocycles. The molecule has 152 valence electrons. The van der Waals surface area contributed by atoms with E-state index < -0.39 is 5.91 Å². The van der Waals surface area contributed by atoms with Gasteiger partial charge in [-0.05, 0) is 48.7 Å². The minimum absolute atomic E-state index is 0. The van der Waals surface area contributed by atoms with E-state index in [-0.39, 0.29) is 24.0 Å². The molecule has 0 radical (unpaired) electrons. The molecular weight excluding hydrogens is 491 g/mol. The molecule has 0 aromatic heterocycles. The van der Waals surface area contributed by atoms with Gasteiger partial charge in [0.15, 0.2) is 5.96 Å². The van der Waals surface area contributed by atoms with Gasteiger partial charge in [-0.1, -0.05) is 29.8 Å². The number of methoxy groups -OCH3 is 1. The van der Waals surface area contributed by atoms with Crippen molar-refractivity contribution in [1.82, 2.24) is 10.6 Å². The fraction of sp³-hybridized carbons (Fsp3) is 0.300. The van der Waals surface area contributed by atoms with Gasteiger partial charge >= 0.3 is 0 Å². The molecule has 2 rings (SSSR count). The summed E-state index contributed by atoms with van der Waals surface area (Å²) in [6.07, 6.45) is 0.764. The van der Waals surface area contributed by atoms with Crippen LogP contribution in [0.2, 0.25) is 5.02 Å². The standard InChI is InChI=1S/C20H25ClN4O2.HI/c1-3-23-20(25-13-14-4-6-16(7-5-14)19(22)26)24-11-10-15-8-9-17(27-2)12-18(15)21;/h4-9,12H,3,10-11,13H2,1-2H3,(H2,22,26)(H2,23,24,25);1H. The van der Waals surface area contributed by atoms with Gasteiger partial charge < -0.3 is 21.1 Å². The van der Waals surface area contributed by atoms with Gasteiger partial charge in [-0.25, -0.2) is 4.99 Å². The van der Waals surface area contributed by atoms with Crippen LogP contribution >= 0.6 is 35.6 Å². The second kappa shape index (κ2) is 12.5. The number of primary amides is 1. The molecule has 0 heterocycles. The van der Waals surface area contributed by atoms with Crippen LogP contribution in [0.25, 0.3) is 0 Å². The van der Waals surface area contributed by atoms with E-state index in [1.54, 1.807) is 19.2 Å². The number of amides is 1. The van der Waals surface area contributed by atoms with Crippen molar-refractivity contribution >= 4 is 47.4 Å². The lowest BCUT2D eigenvalue weighted by Gasteiger charge is -2.12. The van der Waals surface area contributed by atoms with Crippen LogP contribution in [-0.4, -0.2) is 32.1 Å². The highest BCUT2D eigenvalue weighted by atomic mass is 127. The van der Waals surface area contributed by atoms with Gasteiger partial charge in [0.1, 0.15) is 5.75 Å². The van der Waals surface area contributed by atoms with E-state index in [2.05, 4.69) is 15.6 Å². The van der Waals surface area contributed by atoms with E-state index in [0.29, 0.717) is 23.7 Å². The summed E-state index contributed by atoms with van der Waals surface area (Å²) in [7, 11) is 1.62. The van der Waals surface area contributed by atoms with Crippen molar-refractivity contribution in [3.63, 3.8) is 0 Å². The van der Waals surface area contributed by atoms with Crippen molar-refractivity contribution < 1.29 is 9.53 Å². The highest BCUT2D eigenvalue weighted by Crippen LogP contribution is 2.22. The van der Waals surface area contributed by atoms with Crippen LogP contribution in [0.15, 0.2) is 47.5 Å². The number of aliphatic imine (C=N–C) groups is 1. The number of rotatable bonds is 8. The zero-order valence-electron chi connectivity index (χ0n) is 16.0. The summed E-state index contributed by atoms with van der Waals surface area (Å²) >= 11 is 6.27. The van der Waals surface area contributed by atoms with E-state index in [1.165, 1.54) is 0 Å². The summed E-state index contributed by atoms with van der Waals surface area (Å²) in [4.78, 5) is 15.7. The Morgan fingerprint density at radius 2 is 1.89 bits per heavy atom. The van der Waals surface area contributed by atoms with Crippen molar-refractivity contribution in [3.8, 4) is 5.75 Å². The van der Waals surface area contributed by atoms with Gasteiger partial charge in [0, 0.05) is 23.7 Å². The average molecular weight is 517 g/mol. The number of hydrogen-bond acceptors (Lipinski definition) is 3. The van der Waals surface area contributed by atoms with E-state index in [0.717, 1.165) is 35.8 Å². The maximum atomic E-state index is 11.1. The lowest BCUT2D eigenvalue weighted by Crippen LogP contribution is -2.38. The zero-order valence-corrected chi connectivity index (χ0v) is 19.1. The molecule has 0 unspecified atom stereocenters. The quantitative estimate of drug-likeness (QED) is 0.285. The Kier molecular flexibility index (Phi) is 10.7. The second-order valence-corrected chi connectivity index (χ2v) is 6.30. The molecule has 1 amide bonds. The number of halogens is 2. The summed E-state index contributed by atoms with van der Waals surface area (Å²) in [6, 6.07) is 12.8. The van der Waals surface area contributed by atoms with E-state index >= 15 is 0 Å². The molecular formula is C20H26ClIN4O2. The van der Waals surface area contributed by atoms with Crippen molar-refractivity contribution in [2.75, 3.05) is 20.2 Å². The van der Waals surface area contributed by atoms with Crippen molar-refractivity contribution in [1.29, 1.82) is 0 Å². The van der Waals surface area contributed by atoms with Crippen molar-refractivity contribution in [3.05, 3.63) is 64.2 Å². The van der Waals surface area contributed by atoms with Crippen LogP contribution < -0.4 is 21.1 Å². The maximum Gasteiger partial charge on any atom is 0.248 e. The van der Waals surface area contributed by atoms with E-state index in [1.807, 2.05) is 37.3 Å². The number of nitrogens with two attached hydrogens (primary N) is 1. The average Bonchev–Trinajstić information content (AvgIpc) is 2.67. The summed E-state index contributed by atoms with van der Waals surface area (Å²) in [6.45, 7) is 3.96. The highest BCUT2D eigenvalue weighted by molar-refractivity contribution is 14.0. The molecule has 28 heavy (non-hydrogen) atoms. The Morgan fingerprint density at radius 3 is 2.46 bits per heavy atom. The lowest BCUT2D eigenvalue weighted by molar-refractivity contribution is 0.100. The Balaban J connectivity index is 0.00000392. The molecule has 0 bridgehead atoms. The summed E-state index contributed by atoms with van der Waals surface area (Å²) in [5, 5.41) is 7.20. The van der Waals surface area contributed by atoms with Gasteiger partial charge in [-0.2, -0.15) is 0 Å². The number of carbonyl (C=O) groups is 1. The molecule has 2 aromatic carbocycles. The Hall–Kier alpha value is -2.00. The van der Waals surface area contributed by atoms with Crippen LogP contribution in [0.4, 0.5) is 0 Å². The second-order valence-electron chi connectivity index (χ2n) is 5.89. The third-order valence-electron chi connectivity index (χ3n) is 3.95. The highest BCUT2D eigenvalue weighted by Gasteiger charge is 2.04. The molecule has 0 fully saturated rings. The SMILES string of the molecule is CCNC(=NCc1ccc(C(N)=O)cc1)NCCc1ccc(OC)cc1Cl.I. The molecule has 2 aromatic rings. The van der Waals surface area contributed by atoms with Crippen LogP contribution in [-0.2, 0) is 13.0 Å². The van der Waals surface area contributed by atoms with E-state index in [9.17, 15) is 4.79 Å². The monoisotopic (exact) mass is 516 g/mol. The molecule has 0 aliphatic rings. The lowest BCUT2D eigenvalue weighted by atomic mass is 10.1. The number of carbonyl (C=O) groups excluding carboxylic acids is 1. The third-order valence-corrected chi connectivity index (χ3v) is 4.30. The first-order chi connectivity index (χ1) is 13.0. The van der Waals surface area contributed by atoms with Gasteiger partial charge in [0.2, 0.25) is 5.91 Å². The van der Waals surface area contributed by atoms with Crippen LogP contribution in [0.1, 0.15) is 28.4 Å². The molecule has 0 spiro atoms. The number of nitrogens with one attached hydrogen (secondary N) is 2. The van der Waals surface area contributed by atoms with Crippen molar-refractivity contribution in [2.24, 2.45) is 10.7 Å². The van der Waals surface area contributed by atoms with Crippen LogP contribution in [0.5, 0.6) is 5.75 Å². The maximum absolute atomic E-state index is 11.1. The fourth-order valence-electron chi connectivity index (χ4n) is 2.46. The molecule has 0 atom stereocenters. The number of ether oxygens (including phenoxy) is 1. The predicted molar refractivity (Wildman–Crippen MR) is 125 cm³/mol. The van der Waals surface area contributed by atoms with Gasteiger partial charge in [0.05, 0.1) is 13.7 Å². The number of hydrogen-bond donors (Lipinski definition) is 3. The minimum Gasteiger partial charge on any atom is -0.497 e. The number of nitrogens with zero attached hydrogens (tertiary/aromatic N) is 1. The third kappa shape index (κ3) is 7.55. The van der Waals surface area contributed by atoms with Gasteiger partial charge in [-0.3, -0.25) is 4.79 Å². The van der Waals surface area contributed by atoms with Gasteiger partial charge in [0.25, 0.3) is 0 Å². The molecule has 0 aliphatic heterocycles. The Labute approximate surface area is 187 Å². The van der Waals surface area contributed by atoms with Crippen molar-refractivity contribution in [2.45, 2.75) is 19.9 Å². The van der Waals surface area contributed by atoms with Crippen LogP contribution in [0, 0.1) is 0 Å². The predicted octanol–water partition coefficient (Wildman–Crippen LogP) is 3.36. The van der Waals surface area contributed by atoms with Crippen LogP contribution in [0.3, 0.4) is 0 Å². The number of benzene rings is 2. The van der Waals surface area contributed by atoms with E-state index in [4.69, 9.17) is 22.1 Å². The largest absolute Gasteiger partial charge is 0.497 e. The normalized spacial score (nSPS) is 10.8. The topological polar surface area (TPSA) is 88.7 Å².